The predicted octanol–water partition coefficient (Wildman–Crippen LogP) is 2.07. The van der Waals surface area contributed by atoms with Crippen molar-refractivity contribution in [1.82, 2.24) is 4.98 Å². The number of aromatic nitrogens is 1. The van der Waals surface area contributed by atoms with E-state index in [2.05, 4.69) is 22.1 Å². The maximum absolute atomic E-state index is 12.1. The molecule has 1 aromatic heterocycles. The first-order valence-electron chi connectivity index (χ1n) is 6.21. The SMILES string of the molecule is O=C(Nc1ccccc1C#CCCO)c1cccnc1. The van der Waals surface area contributed by atoms with Crippen LogP contribution in [-0.4, -0.2) is 22.6 Å². The molecule has 20 heavy (non-hydrogen) atoms. The number of benzene rings is 1. The van der Waals surface area contributed by atoms with E-state index in [1.807, 2.05) is 18.2 Å². The van der Waals surface area contributed by atoms with Crippen LogP contribution >= 0.6 is 0 Å². The number of aliphatic hydroxyl groups is 1. The van der Waals surface area contributed by atoms with Crippen LogP contribution in [0.15, 0.2) is 48.8 Å². The van der Waals surface area contributed by atoms with Crippen LogP contribution in [0.25, 0.3) is 0 Å². The van der Waals surface area contributed by atoms with Gasteiger partial charge in [-0.2, -0.15) is 0 Å². The molecule has 1 aromatic carbocycles. The summed E-state index contributed by atoms with van der Waals surface area (Å²) in [7, 11) is 0. The molecule has 0 unspecified atom stereocenters. The fraction of sp³-hybridized carbons (Fsp3) is 0.125. The Bertz CT molecular complexity index is 642. The second-order valence-corrected chi connectivity index (χ2v) is 4.02. The molecule has 0 spiro atoms. The van der Waals surface area contributed by atoms with Crippen molar-refractivity contribution in [3.05, 3.63) is 59.9 Å². The Morgan fingerprint density at radius 1 is 1.25 bits per heavy atom. The zero-order valence-electron chi connectivity index (χ0n) is 10.8. The summed E-state index contributed by atoms with van der Waals surface area (Å²) in [6.45, 7) is 0.0250. The van der Waals surface area contributed by atoms with E-state index in [0.29, 0.717) is 17.7 Å². The van der Waals surface area contributed by atoms with Crippen LogP contribution in [0.5, 0.6) is 0 Å². The number of carbonyl (C=O) groups excluding carboxylic acids is 1. The summed E-state index contributed by atoms with van der Waals surface area (Å²) < 4.78 is 0. The number of nitrogens with one attached hydrogen (secondary N) is 1. The number of aliphatic hydroxyl groups excluding tert-OH is 1. The first-order chi connectivity index (χ1) is 9.81. The van der Waals surface area contributed by atoms with Crippen LogP contribution in [0.4, 0.5) is 5.69 Å². The minimum Gasteiger partial charge on any atom is -0.395 e. The van der Waals surface area contributed by atoms with E-state index in [1.54, 1.807) is 24.4 Å². The molecule has 1 amide bonds. The Hall–Kier alpha value is -2.64. The van der Waals surface area contributed by atoms with Gasteiger partial charge in [0.15, 0.2) is 0 Å². The van der Waals surface area contributed by atoms with E-state index in [1.165, 1.54) is 6.20 Å². The van der Waals surface area contributed by atoms with E-state index in [-0.39, 0.29) is 12.5 Å². The molecule has 2 rings (SSSR count). The normalized spacial score (nSPS) is 9.45. The lowest BCUT2D eigenvalue weighted by molar-refractivity contribution is 0.102. The molecule has 0 bridgehead atoms. The highest BCUT2D eigenvalue weighted by Gasteiger charge is 2.07. The molecule has 0 aliphatic rings. The van der Waals surface area contributed by atoms with Gasteiger partial charge in [-0.3, -0.25) is 9.78 Å². The van der Waals surface area contributed by atoms with Crippen molar-refractivity contribution in [3.8, 4) is 11.8 Å². The van der Waals surface area contributed by atoms with Crippen molar-refractivity contribution in [2.24, 2.45) is 0 Å². The number of amides is 1. The Morgan fingerprint density at radius 3 is 2.85 bits per heavy atom. The molecule has 1 heterocycles. The maximum Gasteiger partial charge on any atom is 0.257 e. The smallest absolute Gasteiger partial charge is 0.257 e. The van der Waals surface area contributed by atoms with E-state index >= 15 is 0 Å². The van der Waals surface area contributed by atoms with Gasteiger partial charge >= 0.3 is 0 Å². The lowest BCUT2D eigenvalue weighted by Crippen LogP contribution is -2.12. The van der Waals surface area contributed by atoms with Crippen LogP contribution in [0, 0.1) is 11.8 Å². The minimum atomic E-state index is -0.227. The third-order valence-electron chi connectivity index (χ3n) is 2.56. The van der Waals surface area contributed by atoms with Crippen molar-refractivity contribution in [2.75, 3.05) is 11.9 Å². The molecule has 0 atom stereocenters. The first kappa shape index (κ1) is 13.8. The average molecular weight is 266 g/mol. The van der Waals surface area contributed by atoms with Gasteiger partial charge < -0.3 is 10.4 Å². The van der Waals surface area contributed by atoms with Gasteiger partial charge in [0.05, 0.1) is 17.9 Å². The topological polar surface area (TPSA) is 62.2 Å². The summed E-state index contributed by atoms with van der Waals surface area (Å²) in [5, 5.41) is 11.5. The number of hydrogen-bond donors (Lipinski definition) is 2. The summed E-state index contributed by atoms with van der Waals surface area (Å²) in [5.41, 5.74) is 1.86. The second kappa shape index (κ2) is 7.07. The molecule has 0 saturated carbocycles. The summed E-state index contributed by atoms with van der Waals surface area (Å²) in [6.07, 6.45) is 3.53. The summed E-state index contributed by atoms with van der Waals surface area (Å²) in [5.74, 6) is 5.54. The van der Waals surface area contributed by atoms with Crippen molar-refractivity contribution in [1.29, 1.82) is 0 Å². The quantitative estimate of drug-likeness (QED) is 0.836. The van der Waals surface area contributed by atoms with Gasteiger partial charge in [-0.05, 0) is 24.3 Å². The molecule has 2 aromatic rings. The Labute approximate surface area is 117 Å². The van der Waals surface area contributed by atoms with Crippen molar-refractivity contribution in [3.63, 3.8) is 0 Å². The highest BCUT2D eigenvalue weighted by atomic mass is 16.2. The molecule has 4 nitrogen and oxygen atoms in total. The molecule has 4 heteroatoms. The molecular weight excluding hydrogens is 252 g/mol. The minimum absolute atomic E-state index is 0.0250. The highest BCUT2D eigenvalue weighted by molar-refractivity contribution is 6.04. The molecule has 2 N–H and O–H groups in total. The number of carbonyl (C=O) groups is 1. The van der Waals surface area contributed by atoms with Crippen molar-refractivity contribution in [2.45, 2.75) is 6.42 Å². The molecule has 0 radical (unpaired) electrons. The van der Waals surface area contributed by atoms with Crippen LogP contribution < -0.4 is 5.32 Å². The fourth-order valence-corrected chi connectivity index (χ4v) is 1.61. The van der Waals surface area contributed by atoms with Gasteiger partial charge in [0.2, 0.25) is 0 Å². The van der Waals surface area contributed by atoms with E-state index < -0.39 is 0 Å². The zero-order chi connectivity index (χ0) is 14.2. The van der Waals surface area contributed by atoms with E-state index in [9.17, 15) is 4.79 Å². The molecule has 0 saturated heterocycles. The molecule has 0 aliphatic heterocycles. The number of pyridine rings is 1. The van der Waals surface area contributed by atoms with Crippen molar-refractivity contribution < 1.29 is 9.90 Å². The van der Waals surface area contributed by atoms with Gasteiger partial charge in [-0.15, -0.1) is 0 Å². The summed E-state index contributed by atoms with van der Waals surface area (Å²) >= 11 is 0. The number of para-hydroxylation sites is 1. The molecule has 100 valence electrons. The number of rotatable bonds is 3. The molecule has 0 aliphatic carbocycles. The van der Waals surface area contributed by atoms with Gasteiger partial charge in [0.1, 0.15) is 0 Å². The number of hydrogen-bond acceptors (Lipinski definition) is 3. The van der Waals surface area contributed by atoms with Crippen molar-refractivity contribution >= 4 is 11.6 Å². The third-order valence-corrected chi connectivity index (χ3v) is 2.56. The molecular formula is C16H14N2O2. The highest BCUT2D eigenvalue weighted by Crippen LogP contribution is 2.15. The first-order valence-corrected chi connectivity index (χ1v) is 6.21. The lowest BCUT2D eigenvalue weighted by atomic mass is 10.1. The van der Waals surface area contributed by atoms with Gasteiger partial charge in [-0.1, -0.05) is 24.0 Å². The maximum atomic E-state index is 12.1. The standard InChI is InChI=1S/C16H14N2O2/c19-11-4-3-7-13-6-1-2-9-15(13)18-16(20)14-8-5-10-17-12-14/h1-2,5-6,8-10,12,19H,4,11H2,(H,18,20). The van der Waals surface area contributed by atoms with Gasteiger partial charge in [0.25, 0.3) is 5.91 Å². The largest absolute Gasteiger partial charge is 0.395 e. The Morgan fingerprint density at radius 2 is 2.10 bits per heavy atom. The van der Waals surface area contributed by atoms with Crippen LogP contribution in [-0.2, 0) is 0 Å². The van der Waals surface area contributed by atoms with E-state index in [4.69, 9.17) is 5.11 Å². The van der Waals surface area contributed by atoms with Crippen LogP contribution in [0.3, 0.4) is 0 Å². The monoisotopic (exact) mass is 266 g/mol. The summed E-state index contributed by atoms with van der Waals surface area (Å²) in [6, 6.07) is 10.7. The number of anilines is 1. The Kier molecular flexibility index (Phi) is 4.87. The van der Waals surface area contributed by atoms with Gasteiger partial charge in [-0.25, -0.2) is 0 Å². The van der Waals surface area contributed by atoms with Crippen LogP contribution in [0.1, 0.15) is 22.3 Å². The fourth-order valence-electron chi connectivity index (χ4n) is 1.61. The summed E-state index contributed by atoms with van der Waals surface area (Å²) in [4.78, 5) is 16.0. The third kappa shape index (κ3) is 3.67. The second-order valence-electron chi connectivity index (χ2n) is 4.02. The zero-order valence-corrected chi connectivity index (χ0v) is 10.8. The predicted molar refractivity (Wildman–Crippen MR) is 77.2 cm³/mol. The average Bonchev–Trinajstić information content (AvgIpc) is 2.50. The Balaban J connectivity index is 2.18. The van der Waals surface area contributed by atoms with Crippen LogP contribution in [0.2, 0.25) is 0 Å². The van der Waals surface area contributed by atoms with E-state index in [0.717, 1.165) is 5.56 Å². The molecule has 0 fully saturated rings. The lowest BCUT2D eigenvalue weighted by Gasteiger charge is -2.07. The number of nitrogens with zero attached hydrogens (tertiary/aromatic N) is 1. The van der Waals surface area contributed by atoms with Gasteiger partial charge in [0, 0.05) is 24.4 Å².